The van der Waals surface area contributed by atoms with Gasteiger partial charge in [0, 0.05) is 13.1 Å². The van der Waals surface area contributed by atoms with Crippen LogP contribution in [-0.4, -0.2) is 19.3 Å². The third-order valence-electron chi connectivity index (χ3n) is 3.75. The summed E-state index contributed by atoms with van der Waals surface area (Å²) in [6, 6.07) is 0. The van der Waals surface area contributed by atoms with E-state index in [2.05, 4.69) is 17.6 Å². The Hall–Kier alpha value is 0.500. The van der Waals surface area contributed by atoms with Crippen LogP contribution in [0.25, 0.3) is 0 Å². The molecular weight excluding hydrogens is 279 g/mol. The Bertz CT molecular complexity index is 162. The van der Waals surface area contributed by atoms with Crippen molar-refractivity contribution in [1.82, 2.24) is 10.6 Å². The zero-order chi connectivity index (χ0) is 12.2. The number of rotatable bonds is 11. The van der Waals surface area contributed by atoms with E-state index < -0.39 is 0 Å². The van der Waals surface area contributed by atoms with E-state index >= 15 is 0 Å². The second-order valence-electron chi connectivity index (χ2n) is 5.43. The fourth-order valence-corrected chi connectivity index (χ4v) is 2.60. The van der Waals surface area contributed by atoms with Crippen molar-refractivity contribution in [3.8, 4) is 0 Å². The molecule has 1 saturated heterocycles. The molecule has 1 rings (SSSR count). The van der Waals surface area contributed by atoms with E-state index in [4.69, 9.17) is 0 Å². The van der Waals surface area contributed by atoms with Crippen LogP contribution in [0.5, 0.6) is 0 Å². The largest absolute Gasteiger partial charge is 0.301 e. The Labute approximate surface area is 132 Å². The molecule has 0 aliphatic carbocycles. The van der Waals surface area contributed by atoms with Gasteiger partial charge in [-0.15, -0.1) is 24.8 Å². The molecular formula is C15H34Cl2N2. The summed E-state index contributed by atoms with van der Waals surface area (Å²) in [5.74, 6) is 0. The molecule has 0 aromatic carbocycles. The fraction of sp³-hybridized carbons (Fsp3) is 1.00. The Morgan fingerprint density at radius 1 is 0.684 bits per heavy atom. The molecule has 1 aliphatic rings. The molecule has 0 saturated carbocycles. The minimum Gasteiger partial charge on any atom is -0.301 e. The van der Waals surface area contributed by atoms with Crippen LogP contribution in [-0.2, 0) is 0 Å². The highest BCUT2D eigenvalue weighted by molar-refractivity contribution is 5.85. The monoisotopic (exact) mass is 312 g/mol. The van der Waals surface area contributed by atoms with E-state index in [0.29, 0.717) is 6.17 Å². The van der Waals surface area contributed by atoms with Gasteiger partial charge in [-0.25, -0.2) is 0 Å². The highest BCUT2D eigenvalue weighted by atomic mass is 35.5. The molecule has 0 unspecified atom stereocenters. The van der Waals surface area contributed by atoms with Gasteiger partial charge in [0.25, 0.3) is 0 Å². The van der Waals surface area contributed by atoms with Crippen LogP contribution < -0.4 is 10.6 Å². The SMILES string of the molecule is CCCCCCCCCCCCC1NCCN1.Cl.Cl. The van der Waals surface area contributed by atoms with Gasteiger partial charge in [-0.05, 0) is 6.42 Å². The van der Waals surface area contributed by atoms with E-state index in [1.807, 2.05) is 0 Å². The first-order chi connectivity index (χ1) is 8.43. The lowest BCUT2D eigenvalue weighted by molar-refractivity contribution is 0.471. The van der Waals surface area contributed by atoms with Crippen molar-refractivity contribution in [2.24, 2.45) is 0 Å². The van der Waals surface area contributed by atoms with Gasteiger partial charge < -0.3 is 10.6 Å². The van der Waals surface area contributed by atoms with Crippen LogP contribution in [0.3, 0.4) is 0 Å². The van der Waals surface area contributed by atoms with Gasteiger partial charge in [0.2, 0.25) is 0 Å². The summed E-state index contributed by atoms with van der Waals surface area (Å²) in [4.78, 5) is 0. The van der Waals surface area contributed by atoms with Crippen molar-refractivity contribution >= 4 is 24.8 Å². The molecule has 4 heteroatoms. The first-order valence-electron chi connectivity index (χ1n) is 7.90. The van der Waals surface area contributed by atoms with Gasteiger partial charge in [-0.2, -0.15) is 0 Å². The predicted octanol–water partition coefficient (Wildman–Crippen LogP) is 4.66. The molecule has 1 heterocycles. The second kappa shape index (κ2) is 16.6. The molecule has 0 spiro atoms. The summed E-state index contributed by atoms with van der Waals surface area (Å²) in [6.45, 7) is 4.60. The highest BCUT2D eigenvalue weighted by Crippen LogP contribution is 2.11. The lowest BCUT2D eigenvalue weighted by atomic mass is 10.1. The molecule has 2 N–H and O–H groups in total. The molecule has 2 nitrogen and oxygen atoms in total. The van der Waals surface area contributed by atoms with Crippen LogP contribution in [0.15, 0.2) is 0 Å². The first kappa shape index (κ1) is 21.8. The Balaban J connectivity index is 0. The van der Waals surface area contributed by atoms with Crippen molar-refractivity contribution in [2.45, 2.75) is 83.7 Å². The first-order valence-corrected chi connectivity index (χ1v) is 7.90. The normalized spacial score (nSPS) is 15.0. The third-order valence-corrected chi connectivity index (χ3v) is 3.75. The van der Waals surface area contributed by atoms with Gasteiger partial charge in [0.15, 0.2) is 0 Å². The average Bonchev–Trinajstić information content (AvgIpc) is 2.85. The van der Waals surface area contributed by atoms with Gasteiger partial charge in [-0.1, -0.05) is 71.1 Å². The second-order valence-corrected chi connectivity index (χ2v) is 5.43. The van der Waals surface area contributed by atoms with Gasteiger partial charge >= 0.3 is 0 Å². The summed E-state index contributed by atoms with van der Waals surface area (Å²) in [5, 5.41) is 6.95. The maximum atomic E-state index is 3.48. The van der Waals surface area contributed by atoms with Gasteiger partial charge in [0.05, 0.1) is 6.17 Å². The van der Waals surface area contributed by atoms with Crippen LogP contribution >= 0.6 is 24.8 Å². The van der Waals surface area contributed by atoms with Crippen LogP contribution in [0.2, 0.25) is 0 Å². The smallest absolute Gasteiger partial charge is 0.0572 e. The zero-order valence-electron chi connectivity index (χ0n) is 12.6. The van der Waals surface area contributed by atoms with Gasteiger partial charge in [0.1, 0.15) is 0 Å². The van der Waals surface area contributed by atoms with Crippen molar-refractivity contribution in [2.75, 3.05) is 13.1 Å². The summed E-state index contributed by atoms with van der Waals surface area (Å²) < 4.78 is 0. The summed E-state index contributed by atoms with van der Waals surface area (Å²) in [5.41, 5.74) is 0. The molecule has 19 heavy (non-hydrogen) atoms. The number of nitrogens with one attached hydrogen (secondary N) is 2. The van der Waals surface area contributed by atoms with Crippen molar-refractivity contribution in [3.05, 3.63) is 0 Å². The quantitative estimate of drug-likeness (QED) is 0.542. The molecule has 0 aromatic heterocycles. The lowest BCUT2D eigenvalue weighted by Gasteiger charge is -2.09. The number of hydrogen-bond donors (Lipinski definition) is 2. The minimum absolute atomic E-state index is 0. The molecule has 0 radical (unpaired) electrons. The van der Waals surface area contributed by atoms with E-state index in [0.717, 1.165) is 13.1 Å². The molecule has 0 aromatic rings. The highest BCUT2D eigenvalue weighted by Gasteiger charge is 2.11. The Morgan fingerprint density at radius 2 is 1.11 bits per heavy atom. The Morgan fingerprint density at radius 3 is 1.58 bits per heavy atom. The van der Waals surface area contributed by atoms with E-state index in [9.17, 15) is 0 Å². The summed E-state index contributed by atoms with van der Waals surface area (Å²) in [6.07, 6.45) is 16.3. The molecule has 1 aliphatic heterocycles. The molecule has 0 bridgehead atoms. The average molecular weight is 313 g/mol. The van der Waals surface area contributed by atoms with E-state index in [-0.39, 0.29) is 24.8 Å². The zero-order valence-corrected chi connectivity index (χ0v) is 14.2. The number of unbranched alkanes of at least 4 members (excludes halogenated alkanes) is 9. The summed E-state index contributed by atoms with van der Waals surface area (Å²) >= 11 is 0. The van der Waals surface area contributed by atoms with E-state index in [1.165, 1.54) is 70.6 Å². The predicted molar refractivity (Wildman–Crippen MR) is 90.8 cm³/mol. The van der Waals surface area contributed by atoms with Crippen LogP contribution in [0.1, 0.15) is 77.6 Å². The maximum absolute atomic E-state index is 3.48. The van der Waals surface area contributed by atoms with Gasteiger partial charge in [-0.3, -0.25) is 0 Å². The fourth-order valence-electron chi connectivity index (χ4n) is 2.60. The molecule has 118 valence electrons. The topological polar surface area (TPSA) is 24.1 Å². The van der Waals surface area contributed by atoms with Crippen LogP contribution in [0, 0.1) is 0 Å². The molecule has 0 atom stereocenters. The molecule has 0 amide bonds. The van der Waals surface area contributed by atoms with Crippen molar-refractivity contribution < 1.29 is 0 Å². The van der Waals surface area contributed by atoms with E-state index in [1.54, 1.807) is 0 Å². The molecule has 1 fully saturated rings. The number of halogens is 2. The Kier molecular flexibility index (Phi) is 19.0. The number of hydrogen-bond acceptors (Lipinski definition) is 2. The third kappa shape index (κ3) is 13.2. The lowest BCUT2D eigenvalue weighted by Crippen LogP contribution is -2.30. The summed E-state index contributed by atoms with van der Waals surface area (Å²) in [7, 11) is 0. The minimum atomic E-state index is 0. The van der Waals surface area contributed by atoms with Crippen LogP contribution in [0.4, 0.5) is 0 Å². The standard InChI is InChI=1S/C15H32N2.2ClH/c1-2-3-4-5-6-7-8-9-10-11-12-15-16-13-14-17-15;;/h15-17H,2-14H2,1H3;2*1H. The van der Waals surface area contributed by atoms with Crippen molar-refractivity contribution in [3.63, 3.8) is 0 Å². The van der Waals surface area contributed by atoms with Crippen molar-refractivity contribution in [1.29, 1.82) is 0 Å². The maximum Gasteiger partial charge on any atom is 0.0572 e.